The van der Waals surface area contributed by atoms with Crippen LogP contribution in [0.2, 0.25) is 0 Å². The summed E-state index contributed by atoms with van der Waals surface area (Å²) < 4.78 is 5.49. The maximum absolute atomic E-state index is 12.7. The lowest BCUT2D eigenvalue weighted by atomic mass is 10.1. The van der Waals surface area contributed by atoms with E-state index in [4.69, 9.17) is 9.84 Å². The van der Waals surface area contributed by atoms with Crippen LogP contribution in [-0.4, -0.2) is 46.8 Å². The van der Waals surface area contributed by atoms with Crippen LogP contribution < -0.4 is 5.56 Å². The van der Waals surface area contributed by atoms with Crippen molar-refractivity contribution in [1.29, 1.82) is 0 Å². The maximum atomic E-state index is 12.7. The highest BCUT2D eigenvalue weighted by molar-refractivity contribution is 5.82. The fourth-order valence-electron chi connectivity index (χ4n) is 3.20. The van der Waals surface area contributed by atoms with Gasteiger partial charge in [-0.05, 0) is 49.8 Å². The van der Waals surface area contributed by atoms with Gasteiger partial charge in [0.05, 0.1) is 6.54 Å². The molecule has 3 rings (SSSR count). The molecule has 1 saturated heterocycles. The molecule has 1 fully saturated rings. The van der Waals surface area contributed by atoms with Crippen LogP contribution in [0.5, 0.6) is 0 Å². The van der Waals surface area contributed by atoms with Gasteiger partial charge in [-0.15, -0.1) is 0 Å². The molecular formula is C19H24N2O4. The second-order valence-corrected chi connectivity index (χ2v) is 6.55. The molecule has 0 aliphatic carbocycles. The Balaban J connectivity index is 1.87. The lowest BCUT2D eigenvalue weighted by Crippen LogP contribution is -2.40. The highest BCUT2D eigenvalue weighted by atomic mass is 16.5. The summed E-state index contributed by atoms with van der Waals surface area (Å²) in [7, 11) is 0. The van der Waals surface area contributed by atoms with Gasteiger partial charge in [0, 0.05) is 30.8 Å². The van der Waals surface area contributed by atoms with Gasteiger partial charge in [0.2, 0.25) is 0 Å². The predicted molar refractivity (Wildman–Crippen MR) is 95.4 cm³/mol. The smallest absolute Gasteiger partial charge is 0.253 e. The summed E-state index contributed by atoms with van der Waals surface area (Å²) in [6, 6.07) is 7.69. The number of pyridine rings is 1. The number of amides is 1. The van der Waals surface area contributed by atoms with Crippen molar-refractivity contribution in [3.05, 3.63) is 45.7 Å². The van der Waals surface area contributed by atoms with E-state index in [-0.39, 0.29) is 24.6 Å². The summed E-state index contributed by atoms with van der Waals surface area (Å²) in [5, 5.41) is 10.1. The van der Waals surface area contributed by atoms with Crippen molar-refractivity contribution in [3.8, 4) is 0 Å². The molecule has 0 unspecified atom stereocenters. The van der Waals surface area contributed by atoms with Gasteiger partial charge in [0.1, 0.15) is 6.10 Å². The molecule has 1 atom stereocenters. The molecule has 1 aromatic heterocycles. The third-order valence-electron chi connectivity index (χ3n) is 4.54. The summed E-state index contributed by atoms with van der Waals surface area (Å²) in [6.45, 7) is 3.22. The molecule has 0 spiro atoms. The van der Waals surface area contributed by atoms with E-state index >= 15 is 0 Å². The number of ether oxygens (including phenoxy) is 1. The average Bonchev–Trinajstić information content (AvgIpc) is 3.13. The highest BCUT2D eigenvalue weighted by Gasteiger charge is 2.28. The lowest BCUT2D eigenvalue weighted by Gasteiger charge is -2.25. The van der Waals surface area contributed by atoms with E-state index in [2.05, 4.69) is 4.98 Å². The normalized spacial score (nSPS) is 17.1. The number of aromatic nitrogens is 1. The number of aryl methyl sites for hydroxylation is 1. The van der Waals surface area contributed by atoms with Gasteiger partial charge in [-0.25, -0.2) is 0 Å². The Kier molecular flexibility index (Phi) is 5.50. The molecule has 6 heteroatoms. The van der Waals surface area contributed by atoms with Crippen LogP contribution in [0.15, 0.2) is 29.1 Å². The number of carbonyl (C=O) groups excluding carboxylic acids is 1. The Hall–Kier alpha value is -2.18. The number of benzene rings is 1. The minimum atomic E-state index is -0.430. The van der Waals surface area contributed by atoms with Crippen molar-refractivity contribution in [2.75, 3.05) is 19.8 Å². The number of H-pyrrole nitrogens is 1. The molecule has 134 valence electrons. The lowest BCUT2D eigenvalue weighted by molar-refractivity contribution is -0.141. The van der Waals surface area contributed by atoms with Crippen LogP contribution in [0, 0.1) is 6.92 Å². The largest absolute Gasteiger partial charge is 0.396 e. The molecular weight excluding hydrogens is 320 g/mol. The quantitative estimate of drug-likeness (QED) is 0.836. The van der Waals surface area contributed by atoms with Gasteiger partial charge in [0.15, 0.2) is 0 Å². The SMILES string of the molecule is Cc1ccc2[nH]c(=O)c(CN(CCCO)C(=O)[C@@H]3CCCO3)cc2c1. The van der Waals surface area contributed by atoms with Gasteiger partial charge in [0.25, 0.3) is 11.5 Å². The first-order chi connectivity index (χ1) is 12.1. The van der Waals surface area contributed by atoms with Crippen LogP contribution in [0.25, 0.3) is 10.9 Å². The summed E-state index contributed by atoms with van der Waals surface area (Å²) >= 11 is 0. The standard InChI is InChI=1S/C19H24N2O4/c1-13-5-6-16-14(10-13)11-15(18(23)20-16)12-21(7-3-8-22)19(24)17-4-2-9-25-17/h5-6,10-11,17,22H,2-4,7-9,12H2,1H3,(H,20,23)/t17-/m0/s1. The van der Waals surface area contributed by atoms with Gasteiger partial charge in [-0.1, -0.05) is 11.6 Å². The Labute approximate surface area is 146 Å². The Morgan fingerprint density at radius 2 is 2.24 bits per heavy atom. The van der Waals surface area contributed by atoms with Gasteiger partial charge < -0.3 is 19.7 Å². The number of aliphatic hydroxyl groups excluding tert-OH is 1. The number of fused-ring (bicyclic) bond motifs is 1. The van der Waals surface area contributed by atoms with Crippen LogP contribution in [-0.2, 0) is 16.1 Å². The molecule has 2 N–H and O–H groups in total. The van der Waals surface area contributed by atoms with E-state index in [9.17, 15) is 9.59 Å². The minimum absolute atomic E-state index is 0.00256. The van der Waals surface area contributed by atoms with Crippen molar-refractivity contribution in [1.82, 2.24) is 9.88 Å². The maximum Gasteiger partial charge on any atom is 0.253 e. The minimum Gasteiger partial charge on any atom is -0.396 e. The first-order valence-electron chi connectivity index (χ1n) is 8.72. The van der Waals surface area contributed by atoms with E-state index in [0.717, 1.165) is 22.9 Å². The van der Waals surface area contributed by atoms with Crippen LogP contribution in [0.1, 0.15) is 30.4 Å². The summed E-state index contributed by atoms with van der Waals surface area (Å²) in [4.78, 5) is 29.6. The van der Waals surface area contributed by atoms with E-state index < -0.39 is 6.10 Å². The zero-order valence-corrected chi connectivity index (χ0v) is 14.5. The van der Waals surface area contributed by atoms with E-state index in [1.54, 1.807) is 4.90 Å². The monoisotopic (exact) mass is 344 g/mol. The summed E-state index contributed by atoms with van der Waals surface area (Å²) in [5.41, 5.74) is 2.25. The molecule has 2 heterocycles. The second-order valence-electron chi connectivity index (χ2n) is 6.55. The molecule has 25 heavy (non-hydrogen) atoms. The molecule has 1 aliphatic heterocycles. The van der Waals surface area contributed by atoms with Gasteiger partial charge in [-0.2, -0.15) is 0 Å². The average molecular weight is 344 g/mol. The van der Waals surface area contributed by atoms with Crippen LogP contribution in [0.4, 0.5) is 0 Å². The predicted octanol–water partition coefficient (Wildman–Crippen LogP) is 1.73. The zero-order valence-electron chi connectivity index (χ0n) is 14.5. The van der Waals surface area contributed by atoms with Crippen LogP contribution in [0.3, 0.4) is 0 Å². The molecule has 2 aromatic rings. The molecule has 1 aromatic carbocycles. The third kappa shape index (κ3) is 4.08. The molecule has 1 amide bonds. The fourth-order valence-corrected chi connectivity index (χ4v) is 3.20. The van der Waals surface area contributed by atoms with E-state index in [1.165, 1.54) is 0 Å². The third-order valence-corrected chi connectivity index (χ3v) is 4.54. The number of hydrogen-bond donors (Lipinski definition) is 2. The Morgan fingerprint density at radius 3 is 2.96 bits per heavy atom. The topological polar surface area (TPSA) is 82.6 Å². The Bertz CT molecular complexity index is 809. The number of nitrogens with zero attached hydrogens (tertiary/aromatic N) is 1. The summed E-state index contributed by atoms with van der Waals surface area (Å²) in [5.74, 6) is -0.102. The van der Waals surface area contributed by atoms with Gasteiger partial charge >= 0.3 is 0 Å². The van der Waals surface area contributed by atoms with E-state index in [0.29, 0.717) is 31.6 Å². The fraction of sp³-hybridized carbons (Fsp3) is 0.474. The highest BCUT2D eigenvalue weighted by Crippen LogP contribution is 2.18. The van der Waals surface area contributed by atoms with Crippen LogP contribution >= 0.6 is 0 Å². The zero-order chi connectivity index (χ0) is 17.8. The van der Waals surface area contributed by atoms with E-state index in [1.807, 2.05) is 31.2 Å². The van der Waals surface area contributed by atoms with Crippen molar-refractivity contribution >= 4 is 16.8 Å². The molecule has 0 saturated carbocycles. The molecule has 0 bridgehead atoms. The number of aromatic amines is 1. The first-order valence-corrected chi connectivity index (χ1v) is 8.72. The molecule has 6 nitrogen and oxygen atoms in total. The Morgan fingerprint density at radius 1 is 1.40 bits per heavy atom. The summed E-state index contributed by atoms with van der Waals surface area (Å²) in [6.07, 6.45) is 1.63. The second kappa shape index (κ2) is 7.80. The number of aliphatic hydroxyl groups is 1. The van der Waals surface area contributed by atoms with Crippen molar-refractivity contribution in [2.24, 2.45) is 0 Å². The van der Waals surface area contributed by atoms with Crippen molar-refractivity contribution < 1.29 is 14.6 Å². The first kappa shape index (κ1) is 17.6. The van der Waals surface area contributed by atoms with Gasteiger partial charge in [-0.3, -0.25) is 9.59 Å². The molecule has 1 aliphatic rings. The number of rotatable bonds is 6. The van der Waals surface area contributed by atoms with Crippen molar-refractivity contribution in [3.63, 3.8) is 0 Å². The van der Waals surface area contributed by atoms with Crippen molar-refractivity contribution in [2.45, 2.75) is 38.8 Å². The number of nitrogens with one attached hydrogen (secondary N) is 1. The molecule has 0 radical (unpaired) electrons. The number of carbonyl (C=O) groups is 1. The number of hydrogen-bond acceptors (Lipinski definition) is 4.